The lowest BCUT2D eigenvalue weighted by molar-refractivity contribution is -0.114. The first-order valence-electron chi connectivity index (χ1n) is 9.81. The Labute approximate surface area is 164 Å². The van der Waals surface area contributed by atoms with E-state index in [4.69, 9.17) is 0 Å². The summed E-state index contributed by atoms with van der Waals surface area (Å²) in [5.41, 5.74) is 1.22. The molecule has 0 spiro atoms. The van der Waals surface area contributed by atoms with Gasteiger partial charge in [0.05, 0.1) is 11.7 Å². The molecule has 148 valence electrons. The van der Waals surface area contributed by atoms with E-state index >= 15 is 0 Å². The maximum atomic E-state index is 12.9. The molecule has 2 aromatic rings. The van der Waals surface area contributed by atoms with Gasteiger partial charge < -0.3 is 15.1 Å². The molecule has 2 atom stereocenters. The molecule has 28 heavy (non-hydrogen) atoms. The number of likely N-dealkylation sites (tertiary alicyclic amines) is 1. The molecule has 0 aliphatic carbocycles. The largest absolute Gasteiger partial charge is 0.350 e. The van der Waals surface area contributed by atoms with E-state index in [0.717, 1.165) is 43.9 Å². The van der Waals surface area contributed by atoms with E-state index < -0.39 is 0 Å². The summed E-state index contributed by atoms with van der Waals surface area (Å²) in [4.78, 5) is 33.3. The number of anilines is 2. The Morgan fingerprint density at radius 2 is 2.07 bits per heavy atom. The third-order valence-corrected chi connectivity index (χ3v) is 5.62. The summed E-state index contributed by atoms with van der Waals surface area (Å²) >= 11 is 0. The lowest BCUT2D eigenvalue weighted by atomic mass is 9.98. The van der Waals surface area contributed by atoms with Gasteiger partial charge in [-0.15, -0.1) is 0 Å². The smallest absolute Gasteiger partial charge is 0.274 e. The van der Waals surface area contributed by atoms with E-state index in [1.54, 1.807) is 23.1 Å². The van der Waals surface area contributed by atoms with Crippen molar-refractivity contribution in [1.82, 2.24) is 19.7 Å². The number of carbonyl (C=O) groups is 2. The lowest BCUT2D eigenvalue weighted by Crippen LogP contribution is -2.42. The van der Waals surface area contributed by atoms with Crippen LogP contribution in [0.4, 0.5) is 11.5 Å². The molecule has 2 saturated heterocycles. The van der Waals surface area contributed by atoms with Crippen molar-refractivity contribution >= 4 is 23.3 Å². The predicted octanol–water partition coefficient (Wildman–Crippen LogP) is 1.90. The fraction of sp³-hybridized carbons (Fsp3) is 0.500. The van der Waals surface area contributed by atoms with E-state index in [2.05, 4.69) is 20.3 Å². The normalized spacial score (nSPS) is 21.9. The number of rotatable bonds is 3. The quantitative estimate of drug-likeness (QED) is 0.877. The topological polar surface area (TPSA) is 83.4 Å². The fourth-order valence-electron chi connectivity index (χ4n) is 4.38. The zero-order valence-electron chi connectivity index (χ0n) is 16.3. The molecule has 4 heterocycles. The van der Waals surface area contributed by atoms with Crippen LogP contribution in [0.25, 0.3) is 0 Å². The number of pyridine rings is 1. The van der Waals surface area contributed by atoms with Crippen molar-refractivity contribution in [2.24, 2.45) is 13.0 Å². The highest BCUT2D eigenvalue weighted by atomic mass is 16.2. The molecule has 0 bridgehead atoms. The van der Waals surface area contributed by atoms with Crippen molar-refractivity contribution in [1.29, 1.82) is 0 Å². The van der Waals surface area contributed by atoms with Crippen LogP contribution in [-0.2, 0) is 11.8 Å². The molecule has 1 N–H and O–H groups in total. The zero-order chi connectivity index (χ0) is 19.7. The number of carbonyl (C=O) groups excluding carboxylic acids is 2. The van der Waals surface area contributed by atoms with Gasteiger partial charge in [0.1, 0.15) is 5.69 Å². The van der Waals surface area contributed by atoms with Gasteiger partial charge in [0.25, 0.3) is 5.91 Å². The van der Waals surface area contributed by atoms with Gasteiger partial charge in [0.2, 0.25) is 5.91 Å². The molecule has 2 aromatic heterocycles. The monoisotopic (exact) mass is 382 g/mol. The molecule has 0 aromatic carbocycles. The van der Waals surface area contributed by atoms with Gasteiger partial charge in [0, 0.05) is 46.0 Å². The average molecular weight is 382 g/mol. The summed E-state index contributed by atoms with van der Waals surface area (Å²) in [7, 11) is 1.82. The number of nitrogens with zero attached hydrogens (tertiary/aromatic N) is 5. The summed E-state index contributed by atoms with van der Waals surface area (Å²) in [6, 6.07) is 5.67. The Hall–Kier alpha value is -2.90. The second-order valence-electron chi connectivity index (χ2n) is 7.66. The van der Waals surface area contributed by atoms with Gasteiger partial charge in [-0.25, -0.2) is 4.98 Å². The predicted molar refractivity (Wildman–Crippen MR) is 106 cm³/mol. The van der Waals surface area contributed by atoms with Gasteiger partial charge in [-0.05, 0) is 37.0 Å². The first kappa shape index (κ1) is 18.5. The van der Waals surface area contributed by atoms with Crippen LogP contribution < -0.4 is 10.2 Å². The second-order valence-corrected chi connectivity index (χ2v) is 7.66. The van der Waals surface area contributed by atoms with Crippen molar-refractivity contribution in [3.8, 4) is 0 Å². The van der Waals surface area contributed by atoms with Crippen LogP contribution >= 0.6 is 0 Å². The highest BCUT2D eigenvalue weighted by Crippen LogP contribution is 2.35. The van der Waals surface area contributed by atoms with Crippen molar-refractivity contribution in [3.63, 3.8) is 0 Å². The summed E-state index contributed by atoms with van der Waals surface area (Å²) in [6.45, 7) is 3.76. The molecule has 8 nitrogen and oxygen atoms in total. The number of aryl methyl sites for hydroxylation is 1. The van der Waals surface area contributed by atoms with Crippen LogP contribution in [0.5, 0.6) is 0 Å². The summed E-state index contributed by atoms with van der Waals surface area (Å²) in [5, 5.41) is 7.16. The Morgan fingerprint density at radius 1 is 1.21 bits per heavy atom. The molecular weight excluding hydrogens is 356 g/mol. The Bertz CT molecular complexity index is 879. The van der Waals surface area contributed by atoms with Crippen LogP contribution in [0.15, 0.2) is 30.6 Å². The molecule has 0 saturated carbocycles. The summed E-state index contributed by atoms with van der Waals surface area (Å²) < 4.78 is 1.65. The van der Waals surface area contributed by atoms with E-state index in [0.29, 0.717) is 18.2 Å². The standard InChI is InChI=1S/C20H26N6O2/c1-14(27)22-16-7-5-9-21-19(16)26-10-4-3-6-15-12-25(13-18(15)26)20(28)17-8-11-24(2)23-17/h5,7-9,11,15,18H,3-4,6,10,12-13H2,1-2H3,(H,22,27)/t15-,18+/m1/s1. The van der Waals surface area contributed by atoms with E-state index in [1.165, 1.54) is 6.92 Å². The minimum atomic E-state index is -0.112. The third kappa shape index (κ3) is 3.58. The third-order valence-electron chi connectivity index (χ3n) is 5.62. The Kier molecular flexibility index (Phi) is 5.02. The molecule has 0 radical (unpaired) electrons. The van der Waals surface area contributed by atoms with E-state index in [-0.39, 0.29) is 17.9 Å². The van der Waals surface area contributed by atoms with Gasteiger partial charge in [0.15, 0.2) is 5.82 Å². The van der Waals surface area contributed by atoms with Crippen molar-refractivity contribution in [3.05, 3.63) is 36.3 Å². The first-order chi connectivity index (χ1) is 13.5. The van der Waals surface area contributed by atoms with Crippen LogP contribution in [0.1, 0.15) is 36.7 Å². The molecule has 2 aliphatic heterocycles. The average Bonchev–Trinajstić information content (AvgIpc) is 3.24. The summed E-state index contributed by atoms with van der Waals surface area (Å²) in [6.07, 6.45) is 6.85. The molecule has 4 rings (SSSR count). The van der Waals surface area contributed by atoms with Crippen LogP contribution in [-0.4, -0.2) is 57.2 Å². The maximum absolute atomic E-state index is 12.9. The van der Waals surface area contributed by atoms with Crippen molar-refractivity contribution in [2.45, 2.75) is 32.2 Å². The Morgan fingerprint density at radius 3 is 2.82 bits per heavy atom. The molecule has 0 unspecified atom stereocenters. The van der Waals surface area contributed by atoms with Gasteiger partial charge >= 0.3 is 0 Å². The molecule has 2 fully saturated rings. The number of fused-ring (bicyclic) bond motifs is 1. The molecule has 2 amide bonds. The highest BCUT2D eigenvalue weighted by Gasteiger charge is 2.41. The number of nitrogens with one attached hydrogen (secondary N) is 1. The molecular formula is C20H26N6O2. The fourth-order valence-corrected chi connectivity index (χ4v) is 4.38. The minimum Gasteiger partial charge on any atom is -0.350 e. The van der Waals surface area contributed by atoms with E-state index in [9.17, 15) is 9.59 Å². The van der Waals surface area contributed by atoms with Gasteiger partial charge in [-0.3, -0.25) is 14.3 Å². The summed E-state index contributed by atoms with van der Waals surface area (Å²) in [5.74, 6) is 1.06. The Balaban J connectivity index is 1.60. The lowest BCUT2D eigenvalue weighted by Gasteiger charge is -2.32. The minimum absolute atomic E-state index is 0.0169. The number of aromatic nitrogens is 3. The van der Waals surface area contributed by atoms with Crippen LogP contribution in [0, 0.1) is 5.92 Å². The van der Waals surface area contributed by atoms with Crippen molar-refractivity contribution in [2.75, 3.05) is 29.9 Å². The number of amides is 2. The highest BCUT2D eigenvalue weighted by molar-refractivity contribution is 5.93. The van der Waals surface area contributed by atoms with Crippen LogP contribution in [0.3, 0.4) is 0 Å². The number of hydrogen-bond donors (Lipinski definition) is 1. The van der Waals surface area contributed by atoms with Gasteiger partial charge in [-0.1, -0.05) is 6.42 Å². The maximum Gasteiger partial charge on any atom is 0.274 e. The SMILES string of the molecule is CC(=O)Nc1cccnc1N1CCCC[C@@H]2CN(C(=O)c3ccn(C)n3)C[C@@H]21. The molecule has 8 heteroatoms. The van der Waals surface area contributed by atoms with Gasteiger partial charge in [-0.2, -0.15) is 5.10 Å². The molecule has 2 aliphatic rings. The first-order valence-corrected chi connectivity index (χ1v) is 9.81. The zero-order valence-corrected chi connectivity index (χ0v) is 16.3. The second kappa shape index (κ2) is 7.61. The number of hydrogen-bond acceptors (Lipinski definition) is 5. The van der Waals surface area contributed by atoms with Crippen LogP contribution in [0.2, 0.25) is 0 Å². The van der Waals surface area contributed by atoms with E-state index in [1.807, 2.05) is 24.1 Å². The van der Waals surface area contributed by atoms with Crippen molar-refractivity contribution < 1.29 is 9.59 Å².